The Morgan fingerprint density at radius 3 is 2.73 bits per heavy atom. The van der Waals surface area contributed by atoms with Crippen LogP contribution in [0.15, 0.2) is 66.9 Å². The molecule has 0 radical (unpaired) electrons. The highest BCUT2D eigenvalue weighted by Gasteiger charge is 2.35. The van der Waals surface area contributed by atoms with Crippen molar-refractivity contribution in [3.8, 4) is 0 Å². The van der Waals surface area contributed by atoms with Crippen LogP contribution in [0.4, 0.5) is 10.5 Å². The van der Waals surface area contributed by atoms with Crippen LogP contribution in [0.3, 0.4) is 0 Å². The Hall–Kier alpha value is -2.92. The average molecular weight is 366 g/mol. The fourth-order valence-corrected chi connectivity index (χ4v) is 3.23. The minimum atomic E-state index is -0.350. The van der Waals surface area contributed by atoms with Crippen molar-refractivity contribution in [3.05, 3.63) is 88.7 Å². The molecule has 2 heterocycles. The number of benzene rings is 2. The number of rotatable bonds is 4. The highest BCUT2D eigenvalue weighted by molar-refractivity contribution is 6.30. The zero-order chi connectivity index (χ0) is 17.9. The first kappa shape index (κ1) is 16.5. The van der Waals surface area contributed by atoms with Gasteiger partial charge in [-0.2, -0.15) is 10.2 Å². The third kappa shape index (κ3) is 3.39. The summed E-state index contributed by atoms with van der Waals surface area (Å²) in [6.07, 6.45) is 1.99. The van der Waals surface area contributed by atoms with E-state index in [4.69, 9.17) is 16.3 Å². The second-order valence-corrected chi connectivity index (χ2v) is 6.51. The smallest absolute Gasteiger partial charge is 0.415 e. The molecule has 0 unspecified atom stereocenters. The van der Waals surface area contributed by atoms with E-state index < -0.39 is 0 Å². The van der Waals surface area contributed by atoms with Gasteiger partial charge in [-0.3, -0.25) is 4.90 Å². The van der Waals surface area contributed by atoms with Gasteiger partial charge in [0.1, 0.15) is 6.61 Å². The molecule has 130 valence electrons. The summed E-state index contributed by atoms with van der Waals surface area (Å²) in [6.45, 7) is 0.316. The monoisotopic (exact) mass is 365 g/mol. The van der Waals surface area contributed by atoms with Gasteiger partial charge in [-0.1, -0.05) is 35.9 Å². The van der Waals surface area contributed by atoms with Gasteiger partial charge in [-0.25, -0.2) is 4.79 Å². The van der Waals surface area contributed by atoms with Crippen LogP contribution in [0.5, 0.6) is 0 Å². The Kier molecular flexibility index (Phi) is 4.54. The Bertz CT molecular complexity index is 916. The standard InChI is InChI=1S/C20H16ClN3O2/c21-16-6-8-18(9-7-16)24-19(13-26-20(24)25)15-4-1-3-14(11-15)12-17-5-2-10-22-23-17/h1-11,19H,12-13H2/t19-/m1/s1. The molecule has 0 spiro atoms. The zero-order valence-electron chi connectivity index (χ0n) is 13.9. The fourth-order valence-electron chi connectivity index (χ4n) is 3.10. The van der Waals surface area contributed by atoms with E-state index in [0.717, 1.165) is 22.5 Å². The molecule has 0 saturated carbocycles. The van der Waals surface area contributed by atoms with Gasteiger partial charge in [0.25, 0.3) is 0 Å². The molecule has 1 atom stereocenters. The summed E-state index contributed by atoms with van der Waals surface area (Å²) >= 11 is 5.96. The van der Waals surface area contributed by atoms with Crippen LogP contribution >= 0.6 is 11.6 Å². The van der Waals surface area contributed by atoms with Crippen LogP contribution in [0.2, 0.25) is 5.02 Å². The molecule has 5 nitrogen and oxygen atoms in total. The summed E-state index contributed by atoms with van der Waals surface area (Å²) in [5.41, 5.74) is 3.80. The highest BCUT2D eigenvalue weighted by atomic mass is 35.5. The van der Waals surface area contributed by atoms with Gasteiger partial charge in [-0.05, 0) is 47.5 Å². The summed E-state index contributed by atoms with van der Waals surface area (Å²) < 4.78 is 5.31. The van der Waals surface area contributed by atoms with Crippen LogP contribution in [0.1, 0.15) is 22.9 Å². The van der Waals surface area contributed by atoms with E-state index in [1.165, 1.54) is 0 Å². The molecule has 1 aliphatic heterocycles. The molecule has 1 aromatic heterocycles. The second kappa shape index (κ2) is 7.14. The zero-order valence-corrected chi connectivity index (χ0v) is 14.6. The largest absolute Gasteiger partial charge is 0.447 e. The number of aromatic nitrogens is 2. The Balaban J connectivity index is 1.62. The molecule has 1 aliphatic rings. The van der Waals surface area contributed by atoms with Crippen LogP contribution in [-0.4, -0.2) is 22.9 Å². The lowest BCUT2D eigenvalue weighted by Gasteiger charge is -2.22. The summed E-state index contributed by atoms with van der Waals surface area (Å²) in [5.74, 6) is 0. The molecular formula is C20H16ClN3O2. The van der Waals surface area contributed by atoms with Crippen molar-refractivity contribution in [2.45, 2.75) is 12.5 Å². The minimum Gasteiger partial charge on any atom is -0.447 e. The van der Waals surface area contributed by atoms with E-state index in [0.29, 0.717) is 18.1 Å². The van der Waals surface area contributed by atoms with E-state index in [1.54, 1.807) is 23.2 Å². The molecule has 0 bridgehead atoms. The molecule has 1 saturated heterocycles. The lowest BCUT2D eigenvalue weighted by molar-refractivity contribution is 0.179. The molecular weight excluding hydrogens is 350 g/mol. The second-order valence-electron chi connectivity index (χ2n) is 6.08. The van der Waals surface area contributed by atoms with Gasteiger partial charge in [-0.15, -0.1) is 0 Å². The molecule has 26 heavy (non-hydrogen) atoms. The SMILES string of the molecule is O=C1OC[C@H](c2cccc(Cc3cccnn3)c2)N1c1ccc(Cl)cc1. The number of carbonyl (C=O) groups is 1. The fraction of sp³-hybridized carbons (Fsp3) is 0.150. The van der Waals surface area contributed by atoms with E-state index in [-0.39, 0.29) is 12.1 Å². The third-order valence-electron chi connectivity index (χ3n) is 4.33. The summed E-state index contributed by atoms with van der Waals surface area (Å²) in [7, 11) is 0. The number of amides is 1. The van der Waals surface area contributed by atoms with Crippen molar-refractivity contribution in [1.29, 1.82) is 0 Å². The van der Waals surface area contributed by atoms with Crippen molar-refractivity contribution in [2.75, 3.05) is 11.5 Å². The van der Waals surface area contributed by atoms with Crippen molar-refractivity contribution in [2.24, 2.45) is 0 Å². The molecule has 4 rings (SSSR count). The number of hydrogen-bond donors (Lipinski definition) is 0. The maximum Gasteiger partial charge on any atom is 0.415 e. The maximum atomic E-state index is 12.3. The van der Waals surface area contributed by atoms with E-state index in [1.807, 2.05) is 42.5 Å². The molecule has 1 amide bonds. The number of cyclic esters (lactones) is 1. The summed E-state index contributed by atoms with van der Waals surface area (Å²) in [5, 5.41) is 8.68. The van der Waals surface area contributed by atoms with Gasteiger partial charge in [0.2, 0.25) is 0 Å². The van der Waals surface area contributed by atoms with Crippen molar-refractivity contribution in [3.63, 3.8) is 0 Å². The molecule has 6 heteroatoms. The summed E-state index contributed by atoms with van der Waals surface area (Å²) in [6, 6.07) is 19.0. The first-order valence-electron chi connectivity index (χ1n) is 8.28. The molecule has 0 N–H and O–H groups in total. The van der Waals surface area contributed by atoms with Gasteiger partial charge in [0.15, 0.2) is 0 Å². The lowest BCUT2D eigenvalue weighted by Crippen LogP contribution is -2.27. The first-order chi connectivity index (χ1) is 12.7. The predicted molar refractivity (Wildman–Crippen MR) is 99.3 cm³/mol. The van der Waals surface area contributed by atoms with E-state index in [2.05, 4.69) is 16.3 Å². The van der Waals surface area contributed by atoms with Crippen LogP contribution in [-0.2, 0) is 11.2 Å². The number of halogens is 1. The number of anilines is 1. The molecule has 2 aromatic carbocycles. The maximum absolute atomic E-state index is 12.3. The topological polar surface area (TPSA) is 55.3 Å². The lowest BCUT2D eigenvalue weighted by atomic mass is 10.0. The van der Waals surface area contributed by atoms with Gasteiger partial charge < -0.3 is 4.74 Å². The Morgan fingerprint density at radius 2 is 1.96 bits per heavy atom. The first-order valence-corrected chi connectivity index (χ1v) is 8.65. The number of carbonyl (C=O) groups excluding carboxylic acids is 1. The number of hydrogen-bond acceptors (Lipinski definition) is 4. The van der Waals surface area contributed by atoms with Crippen molar-refractivity contribution >= 4 is 23.4 Å². The van der Waals surface area contributed by atoms with Crippen LogP contribution in [0, 0.1) is 0 Å². The van der Waals surface area contributed by atoms with Crippen molar-refractivity contribution in [1.82, 2.24) is 10.2 Å². The summed E-state index contributed by atoms with van der Waals surface area (Å²) in [4.78, 5) is 13.9. The van der Waals surface area contributed by atoms with Crippen LogP contribution in [0.25, 0.3) is 0 Å². The van der Waals surface area contributed by atoms with E-state index >= 15 is 0 Å². The third-order valence-corrected chi connectivity index (χ3v) is 4.58. The normalized spacial score (nSPS) is 16.6. The van der Waals surface area contributed by atoms with Crippen molar-refractivity contribution < 1.29 is 9.53 Å². The van der Waals surface area contributed by atoms with Gasteiger partial charge >= 0.3 is 6.09 Å². The average Bonchev–Trinajstić information content (AvgIpc) is 3.05. The van der Waals surface area contributed by atoms with Crippen LogP contribution < -0.4 is 4.90 Å². The predicted octanol–water partition coefficient (Wildman–Crippen LogP) is 4.42. The quantitative estimate of drug-likeness (QED) is 0.686. The Labute approximate surface area is 156 Å². The molecule has 3 aromatic rings. The van der Waals surface area contributed by atoms with Gasteiger partial charge in [0.05, 0.1) is 11.7 Å². The Morgan fingerprint density at radius 1 is 1.12 bits per heavy atom. The number of ether oxygens (including phenoxy) is 1. The minimum absolute atomic E-state index is 0.175. The number of nitrogens with zero attached hydrogens (tertiary/aromatic N) is 3. The molecule has 0 aliphatic carbocycles. The van der Waals surface area contributed by atoms with Gasteiger partial charge in [0, 0.05) is 23.3 Å². The highest BCUT2D eigenvalue weighted by Crippen LogP contribution is 2.34. The van der Waals surface area contributed by atoms with E-state index in [9.17, 15) is 4.79 Å². The molecule has 1 fully saturated rings.